The van der Waals surface area contributed by atoms with Crippen LogP contribution in [-0.4, -0.2) is 27.4 Å². The van der Waals surface area contributed by atoms with Crippen LogP contribution in [0.3, 0.4) is 0 Å². The number of hydrogen-bond donors (Lipinski definition) is 2. The molecule has 0 aliphatic rings. The molecule has 0 radical (unpaired) electrons. The van der Waals surface area contributed by atoms with Crippen molar-refractivity contribution in [2.75, 3.05) is 17.2 Å². The molecule has 19 heavy (non-hydrogen) atoms. The fourth-order valence-corrected chi connectivity index (χ4v) is 1.48. The van der Waals surface area contributed by atoms with Gasteiger partial charge >= 0.3 is 0 Å². The largest absolute Gasteiger partial charge is 0.370 e. The molecule has 7 heteroatoms. The molecule has 0 atom stereocenters. The van der Waals surface area contributed by atoms with Gasteiger partial charge < -0.3 is 10.6 Å². The first-order chi connectivity index (χ1) is 9.20. The topological polar surface area (TPSA) is 79.8 Å². The molecule has 0 aliphatic carbocycles. The Morgan fingerprint density at radius 1 is 1.32 bits per heavy atom. The molecule has 0 fully saturated rings. The third-order valence-corrected chi connectivity index (χ3v) is 2.26. The fourth-order valence-electron chi connectivity index (χ4n) is 1.48. The first-order valence-corrected chi connectivity index (χ1v) is 5.66. The van der Waals surface area contributed by atoms with Gasteiger partial charge in [0, 0.05) is 6.54 Å². The summed E-state index contributed by atoms with van der Waals surface area (Å²) in [6.07, 6.45) is 5.30. The van der Waals surface area contributed by atoms with Crippen LogP contribution in [0, 0.1) is 5.82 Å². The van der Waals surface area contributed by atoms with Crippen LogP contribution >= 0.6 is 0 Å². The maximum Gasteiger partial charge on any atom is 0.259 e. The lowest BCUT2D eigenvalue weighted by atomic mass is 10.2. The van der Waals surface area contributed by atoms with Crippen LogP contribution in [0.4, 0.5) is 15.9 Å². The van der Waals surface area contributed by atoms with E-state index >= 15 is 0 Å². The Labute approximate surface area is 109 Å². The average Bonchev–Trinajstić information content (AvgIpc) is 2.42. The highest BCUT2D eigenvalue weighted by molar-refractivity contribution is 6.07. The number of aromatic nitrogens is 3. The van der Waals surface area contributed by atoms with Gasteiger partial charge in [0.2, 0.25) is 0 Å². The molecule has 2 N–H and O–H groups in total. The van der Waals surface area contributed by atoms with Crippen molar-refractivity contribution in [1.82, 2.24) is 15.0 Å². The second-order valence-electron chi connectivity index (χ2n) is 3.66. The van der Waals surface area contributed by atoms with E-state index in [1.807, 2.05) is 6.92 Å². The minimum Gasteiger partial charge on any atom is -0.370 e. The minimum atomic E-state index is -0.573. The molecule has 0 saturated carbocycles. The van der Waals surface area contributed by atoms with E-state index in [1.165, 1.54) is 18.7 Å². The third-order valence-electron chi connectivity index (χ3n) is 2.26. The lowest BCUT2D eigenvalue weighted by molar-refractivity contribution is 0.102. The average molecular weight is 261 g/mol. The van der Waals surface area contributed by atoms with Crippen LogP contribution in [0.15, 0.2) is 31.0 Å². The Morgan fingerprint density at radius 2 is 2.05 bits per heavy atom. The van der Waals surface area contributed by atoms with Crippen molar-refractivity contribution in [3.63, 3.8) is 0 Å². The Kier molecular flexibility index (Phi) is 3.97. The standard InChI is InChI=1S/C12H12FN5O/c1-2-16-11-10(3-8(13)4-17-11)12(19)18-9-5-14-7-15-6-9/h3-7H,2H2,1H3,(H,16,17)(H,18,19). The van der Waals surface area contributed by atoms with E-state index in [2.05, 4.69) is 25.6 Å². The zero-order valence-electron chi connectivity index (χ0n) is 10.2. The lowest BCUT2D eigenvalue weighted by Crippen LogP contribution is -2.16. The number of pyridine rings is 1. The van der Waals surface area contributed by atoms with Crippen LogP contribution < -0.4 is 10.6 Å². The summed E-state index contributed by atoms with van der Waals surface area (Å²) in [4.78, 5) is 23.5. The second kappa shape index (κ2) is 5.85. The highest BCUT2D eigenvalue weighted by atomic mass is 19.1. The third kappa shape index (κ3) is 3.21. The quantitative estimate of drug-likeness (QED) is 0.875. The van der Waals surface area contributed by atoms with Gasteiger partial charge in [0.25, 0.3) is 5.91 Å². The summed E-state index contributed by atoms with van der Waals surface area (Å²) in [5.41, 5.74) is 0.560. The van der Waals surface area contributed by atoms with Crippen molar-refractivity contribution >= 4 is 17.4 Å². The van der Waals surface area contributed by atoms with E-state index in [0.29, 0.717) is 18.1 Å². The monoisotopic (exact) mass is 261 g/mol. The van der Waals surface area contributed by atoms with Crippen LogP contribution in [0.2, 0.25) is 0 Å². The number of anilines is 2. The van der Waals surface area contributed by atoms with E-state index in [-0.39, 0.29) is 5.56 Å². The summed E-state index contributed by atoms with van der Waals surface area (Å²) in [7, 11) is 0. The Bertz CT molecular complexity index is 576. The van der Waals surface area contributed by atoms with Crippen LogP contribution in [-0.2, 0) is 0 Å². The van der Waals surface area contributed by atoms with Gasteiger partial charge in [-0.1, -0.05) is 0 Å². The molecular formula is C12H12FN5O. The number of rotatable bonds is 4. The van der Waals surface area contributed by atoms with Crippen molar-refractivity contribution < 1.29 is 9.18 Å². The lowest BCUT2D eigenvalue weighted by Gasteiger charge is -2.09. The number of nitrogens with one attached hydrogen (secondary N) is 2. The number of carbonyl (C=O) groups is 1. The fraction of sp³-hybridized carbons (Fsp3) is 0.167. The van der Waals surface area contributed by atoms with Crippen LogP contribution in [0.5, 0.6) is 0 Å². The maximum absolute atomic E-state index is 13.2. The summed E-state index contributed by atoms with van der Waals surface area (Å²) in [6, 6.07) is 1.13. The molecule has 2 aromatic heterocycles. The normalized spacial score (nSPS) is 10.0. The van der Waals surface area contributed by atoms with E-state index in [1.54, 1.807) is 0 Å². The van der Waals surface area contributed by atoms with E-state index < -0.39 is 11.7 Å². The zero-order chi connectivity index (χ0) is 13.7. The number of nitrogens with zero attached hydrogens (tertiary/aromatic N) is 3. The Balaban J connectivity index is 2.25. The van der Waals surface area contributed by atoms with Gasteiger partial charge in [-0.05, 0) is 13.0 Å². The molecular weight excluding hydrogens is 249 g/mol. The van der Waals surface area contributed by atoms with E-state index in [9.17, 15) is 9.18 Å². The van der Waals surface area contributed by atoms with Crippen molar-refractivity contribution in [3.05, 3.63) is 42.4 Å². The predicted octanol–water partition coefficient (Wildman–Crippen LogP) is 1.69. The molecule has 2 heterocycles. The van der Waals surface area contributed by atoms with Gasteiger partial charge in [0.05, 0.1) is 29.8 Å². The Hall–Kier alpha value is -2.57. The smallest absolute Gasteiger partial charge is 0.259 e. The molecule has 2 rings (SSSR count). The molecule has 0 unspecified atom stereocenters. The molecule has 0 aliphatic heterocycles. The van der Waals surface area contributed by atoms with Gasteiger partial charge in [-0.15, -0.1) is 0 Å². The minimum absolute atomic E-state index is 0.130. The van der Waals surface area contributed by atoms with Gasteiger partial charge in [0.1, 0.15) is 18.0 Å². The van der Waals surface area contributed by atoms with Crippen LogP contribution in [0.1, 0.15) is 17.3 Å². The molecule has 98 valence electrons. The molecule has 6 nitrogen and oxygen atoms in total. The number of hydrogen-bond acceptors (Lipinski definition) is 5. The molecule has 0 aromatic carbocycles. The van der Waals surface area contributed by atoms with Crippen molar-refractivity contribution in [3.8, 4) is 0 Å². The Morgan fingerprint density at radius 3 is 2.74 bits per heavy atom. The van der Waals surface area contributed by atoms with Gasteiger partial charge in [0.15, 0.2) is 0 Å². The SMILES string of the molecule is CCNc1ncc(F)cc1C(=O)Nc1cncnc1. The number of carbonyl (C=O) groups excluding carboxylic acids is 1. The maximum atomic E-state index is 13.2. The number of amides is 1. The summed E-state index contributed by atoms with van der Waals surface area (Å²) < 4.78 is 13.2. The number of halogens is 1. The molecule has 0 saturated heterocycles. The highest BCUT2D eigenvalue weighted by Crippen LogP contribution is 2.15. The van der Waals surface area contributed by atoms with Gasteiger partial charge in [-0.3, -0.25) is 4.79 Å². The summed E-state index contributed by atoms with van der Waals surface area (Å²) in [5.74, 6) is -0.716. The zero-order valence-corrected chi connectivity index (χ0v) is 10.2. The van der Waals surface area contributed by atoms with Crippen molar-refractivity contribution in [2.45, 2.75) is 6.92 Å². The highest BCUT2D eigenvalue weighted by Gasteiger charge is 2.14. The second-order valence-corrected chi connectivity index (χ2v) is 3.66. The molecule has 0 spiro atoms. The molecule has 2 aromatic rings. The van der Waals surface area contributed by atoms with E-state index in [0.717, 1.165) is 12.3 Å². The first-order valence-electron chi connectivity index (χ1n) is 5.66. The van der Waals surface area contributed by atoms with E-state index in [4.69, 9.17) is 0 Å². The van der Waals surface area contributed by atoms with Crippen molar-refractivity contribution in [2.24, 2.45) is 0 Å². The summed E-state index contributed by atoms with van der Waals surface area (Å²) >= 11 is 0. The van der Waals surface area contributed by atoms with Crippen molar-refractivity contribution in [1.29, 1.82) is 0 Å². The van der Waals surface area contributed by atoms with Gasteiger partial charge in [-0.25, -0.2) is 19.3 Å². The summed E-state index contributed by atoms with van der Waals surface area (Å²) in [5, 5.41) is 5.47. The predicted molar refractivity (Wildman–Crippen MR) is 68.3 cm³/mol. The summed E-state index contributed by atoms with van der Waals surface area (Å²) in [6.45, 7) is 2.44. The first kappa shape index (κ1) is 12.9. The van der Waals surface area contributed by atoms with Crippen LogP contribution in [0.25, 0.3) is 0 Å². The molecule has 1 amide bonds. The molecule has 0 bridgehead atoms. The van der Waals surface area contributed by atoms with Gasteiger partial charge in [-0.2, -0.15) is 0 Å².